The highest BCUT2D eigenvalue weighted by Gasteiger charge is 1.87. The van der Waals surface area contributed by atoms with Gasteiger partial charge in [0.2, 0.25) is 0 Å². The van der Waals surface area contributed by atoms with Crippen LogP contribution in [0, 0.1) is 0 Å². The van der Waals surface area contributed by atoms with Crippen molar-refractivity contribution in [3.63, 3.8) is 0 Å². The van der Waals surface area contributed by atoms with Crippen LogP contribution in [0.3, 0.4) is 0 Å². The van der Waals surface area contributed by atoms with Crippen LogP contribution < -0.4 is 0 Å². The molecule has 0 saturated carbocycles. The minimum absolute atomic E-state index is 0.129. The lowest BCUT2D eigenvalue weighted by atomic mass is 10.3. The van der Waals surface area contributed by atoms with Gasteiger partial charge in [0.05, 0.1) is 6.26 Å². The molecule has 3 nitrogen and oxygen atoms in total. The number of hydrogen-bond donors (Lipinski definition) is 2. The van der Waals surface area contributed by atoms with E-state index in [2.05, 4.69) is 0 Å². The Hall–Kier alpha value is -1.51. The van der Waals surface area contributed by atoms with Gasteiger partial charge in [-0.1, -0.05) is 6.08 Å². The summed E-state index contributed by atoms with van der Waals surface area (Å²) in [7, 11) is 0. The summed E-state index contributed by atoms with van der Waals surface area (Å²) in [5, 5.41) is 17.0. The molecule has 0 aliphatic rings. The summed E-state index contributed by atoms with van der Waals surface area (Å²) in [6.07, 6.45) is 5.95. The molecule has 0 amide bonds. The first kappa shape index (κ1) is 9.49. The molecule has 0 aromatic heterocycles. The van der Waals surface area contributed by atoms with E-state index in [0.29, 0.717) is 0 Å². The van der Waals surface area contributed by atoms with Crippen molar-refractivity contribution in [1.29, 1.82) is 0 Å². The van der Waals surface area contributed by atoms with E-state index in [4.69, 9.17) is 10.2 Å². The molecule has 2 N–H and O–H groups in total. The summed E-state index contributed by atoms with van der Waals surface area (Å²) >= 11 is 0. The largest absolute Gasteiger partial charge is 0.516 e. The minimum atomic E-state index is -0.222. The molecule has 0 spiro atoms. The first-order chi connectivity index (χ1) is 5.16. The van der Waals surface area contributed by atoms with Crippen LogP contribution in [0.25, 0.3) is 0 Å². The SMILES string of the molecule is CC(=O)C=C(O)C=CC=CO. The fourth-order valence-electron chi connectivity index (χ4n) is 0.460. The Morgan fingerprint density at radius 1 is 1.36 bits per heavy atom. The Kier molecular flexibility index (Phi) is 4.56. The molecule has 0 aromatic rings. The van der Waals surface area contributed by atoms with E-state index in [1.54, 1.807) is 0 Å². The first-order valence-corrected chi connectivity index (χ1v) is 3.05. The summed E-state index contributed by atoms with van der Waals surface area (Å²) in [5.41, 5.74) is 0. The predicted octanol–water partition coefficient (Wildman–Crippen LogP) is 1.65. The van der Waals surface area contributed by atoms with Gasteiger partial charge in [-0.2, -0.15) is 0 Å². The summed E-state index contributed by atoms with van der Waals surface area (Å²) in [4.78, 5) is 10.3. The number of carbonyl (C=O) groups excluding carboxylic acids is 1. The van der Waals surface area contributed by atoms with Gasteiger partial charge in [-0.05, 0) is 19.1 Å². The highest BCUT2D eigenvalue weighted by atomic mass is 16.3. The first-order valence-electron chi connectivity index (χ1n) is 3.05. The van der Waals surface area contributed by atoms with Gasteiger partial charge in [0.1, 0.15) is 5.76 Å². The highest BCUT2D eigenvalue weighted by molar-refractivity contribution is 5.87. The van der Waals surface area contributed by atoms with Gasteiger partial charge in [-0.15, -0.1) is 0 Å². The second-order valence-corrected chi connectivity index (χ2v) is 1.88. The number of carbonyl (C=O) groups is 1. The smallest absolute Gasteiger partial charge is 0.156 e. The third-order valence-corrected chi connectivity index (χ3v) is 0.815. The molecule has 0 aromatic carbocycles. The quantitative estimate of drug-likeness (QED) is 0.369. The van der Waals surface area contributed by atoms with E-state index in [9.17, 15) is 4.79 Å². The molecule has 0 heterocycles. The van der Waals surface area contributed by atoms with Gasteiger partial charge in [0.25, 0.3) is 0 Å². The van der Waals surface area contributed by atoms with E-state index in [-0.39, 0.29) is 11.5 Å². The van der Waals surface area contributed by atoms with Crippen molar-refractivity contribution < 1.29 is 15.0 Å². The van der Waals surface area contributed by atoms with Crippen molar-refractivity contribution in [3.8, 4) is 0 Å². The molecule has 0 atom stereocenters. The third-order valence-electron chi connectivity index (χ3n) is 0.815. The molecule has 0 saturated heterocycles. The lowest BCUT2D eigenvalue weighted by Gasteiger charge is -1.85. The normalized spacial score (nSPS) is 13.0. The Balaban J connectivity index is 4.05. The van der Waals surface area contributed by atoms with E-state index >= 15 is 0 Å². The minimum Gasteiger partial charge on any atom is -0.516 e. The standard InChI is InChI=1S/C8H10O3/c1-7(10)6-8(11)4-2-3-5-9/h2-6,9,11H,1H3. The second-order valence-electron chi connectivity index (χ2n) is 1.88. The Morgan fingerprint density at radius 2 is 2.00 bits per heavy atom. The van der Waals surface area contributed by atoms with Crippen molar-refractivity contribution in [2.75, 3.05) is 0 Å². The molecule has 0 unspecified atom stereocenters. The lowest BCUT2D eigenvalue weighted by Crippen LogP contribution is -1.84. The van der Waals surface area contributed by atoms with E-state index in [1.807, 2.05) is 0 Å². The van der Waals surface area contributed by atoms with Gasteiger partial charge in [-0.3, -0.25) is 4.79 Å². The number of aliphatic hydroxyl groups is 2. The van der Waals surface area contributed by atoms with Crippen LogP contribution in [-0.4, -0.2) is 16.0 Å². The average molecular weight is 154 g/mol. The van der Waals surface area contributed by atoms with Crippen LogP contribution in [0.2, 0.25) is 0 Å². The summed E-state index contributed by atoms with van der Waals surface area (Å²) in [6.45, 7) is 1.34. The van der Waals surface area contributed by atoms with Crippen LogP contribution in [0.15, 0.2) is 36.3 Å². The van der Waals surface area contributed by atoms with E-state index in [1.165, 1.54) is 25.2 Å². The second kappa shape index (κ2) is 5.29. The average Bonchev–Trinajstić information content (AvgIpc) is 1.86. The van der Waals surface area contributed by atoms with Crippen molar-refractivity contribution >= 4 is 5.78 Å². The van der Waals surface area contributed by atoms with Gasteiger partial charge in [0, 0.05) is 6.08 Å². The fourth-order valence-corrected chi connectivity index (χ4v) is 0.460. The van der Waals surface area contributed by atoms with Crippen molar-refractivity contribution in [1.82, 2.24) is 0 Å². The number of aliphatic hydroxyl groups excluding tert-OH is 2. The Labute approximate surface area is 65.0 Å². The van der Waals surface area contributed by atoms with Gasteiger partial charge in [-0.25, -0.2) is 0 Å². The lowest BCUT2D eigenvalue weighted by molar-refractivity contribution is -0.112. The maximum Gasteiger partial charge on any atom is 0.156 e. The van der Waals surface area contributed by atoms with Crippen molar-refractivity contribution in [2.24, 2.45) is 0 Å². The zero-order chi connectivity index (χ0) is 8.69. The van der Waals surface area contributed by atoms with Crippen LogP contribution >= 0.6 is 0 Å². The zero-order valence-corrected chi connectivity index (χ0v) is 6.19. The molecule has 0 aliphatic heterocycles. The number of ketones is 1. The molecular weight excluding hydrogens is 144 g/mol. The predicted molar refractivity (Wildman–Crippen MR) is 42.3 cm³/mol. The Bertz CT molecular complexity index is 211. The van der Waals surface area contributed by atoms with Crippen molar-refractivity contribution in [3.05, 3.63) is 36.3 Å². The molecule has 11 heavy (non-hydrogen) atoms. The Morgan fingerprint density at radius 3 is 2.45 bits per heavy atom. The molecule has 0 bridgehead atoms. The molecule has 0 aliphatic carbocycles. The van der Waals surface area contributed by atoms with Gasteiger partial charge < -0.3 is 10.2 Å². The van der Waals surface area contributed by atoms with Gasteiger partial charge in [0.15, 0.2) is 5.78 Å². The summed E-state index contributed by atoms with van der Waals surface area (Å²) in [5.74, 6) is -0.351. The topological polar surface area (TPSA) is 57.5 Å². The highest BCUT2D eigenvalue weighted by Crippen LogP contribution is 1.91. The monoisotopic (exact) mass is 154 g/mol. The van der Waals surface area contributed by atoms with Gasteiger partial charge >= 0.3 is 0 Å². The number of hydrogen-bond acceptors (Lipinski definition) is 3. The number of allylic oxidation sites excluding steroid dienone is 4. The molecule has 0 radical (unpaired) electrons. The maximum atomic E-state index is 10.3. The van der Waals surface area contributed by atoms with Crippen LogP contribution in [0.4, 0.5) is 0 Å². The molecule has 60 valence electrons. The van der Waals surface area contributed by atoms with E-state index in [0.717, 1.165) is 12.3 Å². The van der Waals surface area contributed by atoms with E-state index < -0.39 is 0 Å². The third kappa shape index (κ3) is 6.37. The summed E-state index contributed by atoms with van der Waals surface area (Å²) in [6, 6.07) is 0. The molecule has 3 heteroatoms. The fraction of sp³-hybridized carbons (Fsp3) is 0.125. The van der Waals surface area contributed by atoms with Crippen LogP contribution in [0.1, 0.15) is 6.92 Å². The van der Waals surface area contributed by atoms with Crippen molar-refractivity contribution in [2.45, 2.75) is 6.92 Å². The van der Waals surface area contributed by atoms with Crippen LogP contribution in [0.5, 0.6) is 0 Å². The zero-order valence-electron chi connectivity index (χ0n) is 6.19. The summed E-state index contributed by atoms with van der Waals surface area (Å²) < 4.78 is 0. The van der Waals surface area contributed by atoms with Crippen LogP contribution in [-0.2, 0) is 4.79 Å². The molecule has 0 rings (SSSR count). The number of rotatable bonds is 3. The molecular formula is C8H10O3. The maximum absolute atomic E-state index is 10.3. The molecule has 0 fully saturated rings.